The van der Waals surface area contributed by atoms with Crippen molar-refractivity contribution in [2.75, 3.05) is 37.7 Å². The van der Waals surface area contributed by atoms with Gasteiger partial charge in [-0.2, -0.15) is 5.10 Å². The van der Waals surface area contributed by atoms with Crippen molar-refractivity contribution in [1.29, 1.82) is 0 Å². The molecule has 1 N–H and O–H groups in total. The number of ether oxygens (including phenoxy) is 1. The summed E-state index contributed by atoms with van der Waals surface area (Å²) in [5.41, 5.74) is 2.06. The molecule has 0 atom stereocenters. The summed E-state index contributed by atoms with van der Waals surface area (Å²) in [5.74, 6) is 0.955. The molecule has 1 saturated heterocycles. The monoisotopic (exact) mass is 365 g/mol. The summed E-state index contributed by atoms with van der Waals surface area (Å²) in [6.45, 7) is 7.43. The number of hydrogen-bond acceptors (Lipinski definition) is 4. The van der Waals surface area contributed by atoms with E-state index >= 15 is 0 Å². The SMILES string of the molecule is CCOc1ccccc1N1CC[NH+](Cn2ncc(=O)c3ccccc32)CC1. The second-order valence-corrected chi connectivity index (χ2v) is 6.82. The fourth-order valence-corrected chi connectivity index (χ4v) is 3.72. The van der Waals surface area contributed by atoms with E-state index in [4.69, 9.17) is 4.74 Å². The third kappa shape index (κ3) is 3.66. The van der Waals surface area contributed by atoms with Crippen molar-refractivity contribution in [3.63, 3.8) is 0 Å². The van der Waals surface area contributed by atoms with Gasteiger partial charge in [0.25, 0.3) is 0 Å². The first-order chi connectivity index (χ1) is 13.3. The van der Waals surface area contributed by atoms with Crippen LogP contribution in [0.2, 0.25) is 0 Å². The molecule has 4 rings (SSSR count). The van der Waals surface area contributed by atoms with Gasteiger partial charge in [0.2, 0.25) is 5.43 Å². The highest BCUT2D eigenvalue weighted by atomic mass is 16.5. The van der Waals surface area contributed by atoms with Gasteiger partial charge in [0.15, 0.2) is 6.67 Å². The van der Waals surface area contributed by atoms with Crippen LogP contribution < -0.4 is 20.0 Å². The minimum absolute atomic E-state index is 0.0193. The molecule has 6 nitrogen and oxygen atoms in total. The number of fused-ring (bicyclic) bond motifs is 1. The van der Waals surface area contributed by atoms with Gasteiger partial charge < -0.3 is 14.5 Å². The van der Waals surface area contributed by atoms with E-state index in [1.54, 1.807) is 0 Å². The summed E-state index contributed by atoms with van der Waals surface area (Å²) >= 11 is 0. The van der Waals surface area contributed by atoms with Gasteiger partial charge in [-0.25, -0.2) is 4.68 Å². The van der Waals surface area contributed by atoms with Crippen molar-refractivity contribution in [3.8, 4) is 5.75 Å². The lowest BCUT2D eigenvalue weighted by Crippen LogP contribution is -3.14. The molecule has 0 bridgehead atoms. The van der Waals surface area contributed by atoms with E-state index in [1.165, 1.54) is 16.8 Å². The van der Waals surface area contributed by atoms with Crippen molar-refractivity contribution in [3.05, 3.63) is 65.0 Å². The fraction of sp³-hybridized carbons (Fsp3) is 0.333. The van der Waals surface area contributed by atoms with Crippen LogP contribution in [0.3, 0.4) is 0 Å². The van der Waals surface area contributed by atoms with Gasteiger partial charge in [-0.1, -0.05) is 24.3 Å². The minimum atomic E-state index is -0.0193. The smallest absolute Gasteiger partial charge is 0.207 e. The zero-order chi connectivity index (χ0) is 18.6. The number of nitrogens with zero attached hydrogens (tertiary/aromatic N) is 3. The van der Waals surface area contributed by atoms with E-state index in [1.807, 2.05) is 48.0 Å². The zero-order valence-electron chi connectivity index (χ0n) is 15.6. The van der Waals surface area contributed by atoms with Crippen LogP contribution in [0.25, 0.3) is 10.9 Å². The second kappa shape index (κ2) is 7.80. The van der Waals surface area contributed by atoms with Gasteiger partial charge in [0.05, 0.1) is 50.2 Å². The number of rotatable bonds is 5. The van der Waals surface area contributed by atoms with Crippen LogP contribution in [0, 0.1) is 0 Å². The molecule has 0 saturated carbocycles. The van der Waals surface area contributed by atoms with Crippen molar-refractivity contribution >= 4 is 16.6 Å². The first-order valence-corrected chi connectivity index (χ1v) is 9.51. The Bertz CT molecular complexity index is 977. The molecule has 1 aliphatic heterocycles. The molecule has 2 heterocycles. The first kappa shape index (κ1) is 17.5. The summed E-state index contributed by atoms with van der Waals surface area (Å²) in [6.07, 6.45) is 1.43. The van der Waals surface area contributed by atoms with Crippen molar-refractivity contribution in [1.82, 2.24) is 9.78 Å². The van der Waals surface area contributed by atoms with Crippen molar-refractivity contribution < 1.29 is 9.64 Å². The summed E-state index contributed by atoms with van der Waals surface area (Å²) in [7, 11) is 0. The number of hydrogen-bond donors (Lipinski definition) is 1. The van der Waals surface area contributed by atoms with E-state index in [0.717, 1.165) is 49.5 Å². The third-order valence-electron chi connectivity index (χ3n) is 5.11. The Hall–Kier alpha value is -2.86. The van der Waals surface area contributed by atoms with E-state index in [-0.39, 0.29) is 5.43 Å². The molecule has 1 aromatic heterocycles. The topological polar surface area (TPSA) is 51.8 Å². The van der Waals surface area contributed by atoms with Crippen LogP contribution >= 0.6 is 0 Å². The van der Waals surface area contributed by atoms with E-state index in [9.17, 15) is 4.79 Å². The number of aromatic nitrogens is 2. The lowest BCUT2D eigenvalue weighted by atomic mass is 10.2. The Morgan fingerprint density at radius 2 is 1.81 bits per heavy atom. The predicted octanol–water partition coefficient (Wildman–Crippen LogP) is 1.16. The van der Waals surface area contributed by atoms with Gasteiger partial charge >= 0.3 is 0 Å². The molecular weight excluding hydrogens is 340 g/mol. The quantitative estimate of drug-likeness (QED) is 0.737. The normalized spacial score (nSPS) is 15.2. The van der Waals surface area contributed by atoms with Gasteiger partial charge in [0.1, 0.15) is 5.75 Å². The first-order valence-electron chi connectivity index (χ1n) is 9.51. The number of nitrogens with one attached hydrogen (secondary N) is 1. The van der Waals surface area contributed by atoms with E-state index < -0.39 is 0 Å². The molecule has 1 aliphatic rings. The maximum atomic E-state index is 12.0. The van der Waals surface area contributed by atoms with Gasteiger partial charge in [-0.05, 0) is 31.2 Å². The molecule has 0 spiro atoms. The van der Waals surface area contributed by atoms with Crippen LogP contribution in [0.1, 0.15) is 6.92 Å². The van der Waals surface area contributed by atoms with Crippen LogP contribution in [-0.2, 0) is 6.67 Å². The van der Waals surface area contributed by atoms with Crippen LogP contribution in [0.5, 0.6) is 5.75 Å². The van der Waals surface area contributed by atoms with Crippen molar-refractivity contribution in [2.24, 2.45) is 0 Å². The maximum absolute atomic E-state index is 12.0. The predicted molar refractivity (Wildman–Crippen MR) is 107 cm³/mol. The molecule has 0 radical (unpaired) electrons. The molecule has 1 fully saturated rings. The lowest BCUT2D eigenvalue weighted by Gasteiger charge is -2.34. The van der Waals surface area contributed by atoms with Crippen molar-refractivity contribution in [2.45, 2.75) is 13.6 Å². The Morgan fingerprint density at radius 1 is 1.07 bits per heavy atom. The number of benzene rings is 2. The highest BCUT2D eigenvalue weighted by molar-refractivity contribution is 5.77. The minimum Gasteiger partial charge on any atom is -0.492 e. The average Bonchev–Trinajstić information content (AvgIpc) is 2.72. The third-order valence-corrected chi connectivity index (χ3v) is 5.11. The Morgan fingerprint density at radius 3 is 2.63 bits per heavy atom. The standard InChI is InChI=1S/C21H24N4O2/c1-2-27-21-10-6-5-9-19(21)24-13-11-23(12-14-24)16-25-18-8-4-3-7-17(18)20(26)15-22-25/h3-10,15H,2,11-14,16H2,1H3/p+1. The number of quaternary nitrogens is 1. The number of para-hydroxylation sites is 3. The Kier molecular flexibility index (Phi) is 5.07. The number of piperazine rings is 1. The number of anilines is 1. The molecule has 27 heavy (non-hydrogen) atoms. The van der Waals surface area contributed by atoms with Crippen LogP contribution in [0.4, 0.5) is 5.69 Å². The molecule has 2 aromatic carbocycles. The molecular formula is C21H25N4O2+. The summed E-state index contributed by atoms with van der Waals surface area (Å²) < 4.78 is 7.73. The molecule has 0 amide bonds. The maximum Gasteiger partial charge on any atom is 0.207 e. The van der Waals surface area contributed by atoms with E-state index in [0.29, 0.717) is 6.61 Å². The molecule has 6 heteroatoms. The highest BCUT2D eigenvalue weighted by Gasteiger charge is 2.23. The lowest BCUT2D eigenvalue weighted by molar-refractivity contribution is -0.923. The molecule has 140 valence electrons. The zero-order valence-corrected chi connectivity index (χ0v) is 15.6. The Balaban J connectivity index is 1.47. The largest absolute Gasteiger partial charge is 0.492 e. The van der Waals surface area contributed by atoms with Gasteiger partial charge in [0, 0.05) is 5.39 Å². The van der Waals surface area contributed by atoms with Crippen LogP contribution in [-0.4, -0.2) is 42.6 Å². The Labute approximate surface area is 158 Å². The molecule has 0 aliphatic carbocycles. The van der Waals surface area contributed by atoms with Gasteiger partial charge in [-0.3, -0.25) is 4.79 Å². The summed E-state index contributed by atoms with van der Waals surface area (Å²) in [6, 6.07) is 15.9. The summed E-state index contributed by atoms with van der Waals surface area (Å²) in [5, 5.41) is 5.10. The fourth-order valence-electron chi connectivity index (χ4n) is 3.72. The second-order valence-electron chi connectivity index (χ2n) is 6.82. The average molecular weight is 365 g/mol. The molecule has 3 aromatic rings. The van der Waals surface area contributed by atoms with E-state index in [2.05, 4.69) is 22.1 Å². The van der Waals surface area contributed by atoms with Gasteiger partial charge in [-0.15, -0.1) is 0 Å². The van der Waals surface area contributed by atoms with Crippen LogP contribution in [0.15, 0.2) is 59.5 Å². The molecule has 0 unspecified atom stereocenters. The highest BCUT2D eigenvalue weighted by Crippen LogP contribution is 2.27. The summed E-state index contributed by atoms with van der Waals surface area (Å²) in [4.78, 5) is 15.9.